The van der Waals surface area contributed by atoms with Gasteiger partial charge in [-0.15, -0.1) is 0 Å². The SMILES string of the molecule is OCCCN(Cc1ccc2ccccc2n1)C1CCC1. The van der Waals surface area contributed by atoms with Crippen molar-refractivity contribution in [3.63, 3.8) is 0 Å². The molecule has 0 amide bonds. The average Bonchev–Trinajstić information content (AvgIpc) is 2.43. The second-order valence-electron chi connectivity index (χ2n) is 5.63. The highest BCUT2D eigenvalue weighted by atomic mass is 16.3. The van der Waals surface area contributed by atoms with E-state index in [-0.39, 0.29) is 6.61 Å². The summed E-state index contributed by atoms with van der Waals surface area (Å²) in [5.74, 6) is 0. The Bertz CT molecular complexity index is 566. The van der Waals surface area contributed by atoms with Crippen LogP contribution in [0.4, 0.5) is 0 Å². The number of benzene rings is 1. The fraction of sp³-hybridized carbons (Fsp3) is 0.471. The van der Waals surface area contributed by atoms with Crippen molar-refractivity contribution in [1.29, 1.82) is 0 Å². The van der Waals surface area contributed by atoms with Crippen LogP contribution in [0.2, 0.25) is 0 Å². The molecule has 3 rings (SSSR count). The van der Waals surface area contributed by atoms with Gasteiger partial charge in [0.15, 0.2) is 0 Å². The predicted octanol–water partition coefficient (Wildman–Crippen LogP) is 2.97. The molecule has 3 heteroatoms. The molecule has 0 bridgehead atoms. The van der Waals surface area contributed by atoms with Gasteiger partial charge < -0.3 is 5.11 Å². The van der Waals surface area contributed by atoms with Gasteiger partial charge in [-0.2, -0.15) is 0 Å². The van der Waals surface area contributed by atoms with Gasteiger partial charge in [-0.05, 0) is 31.4 Å². The van der Waals surface area contributed by atoms with Crippen molar-refractivity contribution in [2.45, 2.75) is 38.3 Å². The third kappa shape index (κ3) is 3.00. The number of rotatable bonds is 6. The Morgan fingerprint density at radius 1 is 1.15 bits per heavy atom. The highest BCUT2D eigenvalue weighted by Crippen LogP contribution is 2.26. The average molecular weight is 270 g/mol. The van der Waals surface area contributed by atoms with E-state index in [9.17, 15) is 0 Å². The summed E-state index contributed by atoms with van der Waals surface area (Å²) in [5.41, 5.74) is 2.20. The Balaban J connectivity index is 1.74. The summed E-state index contributed by atoms with van der Waals surface area (Å²) < 4.78 is 0. The molecule has 0 unspecified atom stereocenters. The molecule has 2 aromatic rings. The van der Waals surface area contributed by atoms with Gasteiger partial charge in [0.2, 0.25) is 0 Å². The minimum Gasteiger partial charge on any atom is -0.396 e. The van der Waals surface area contributed by atoms with E-state index in [1.807, 2.05) is 12.1 Å². The number of hydrogen-bond acceptors (Lipinski definition) is 3. The van der Waals surface area contributed by atoms with Crippen molar-refractivity contribution >= 4 is 10.9 Å². The molecule has 0 saturated heterocycles. The van der Waals surface area contributed by atoms with Crippen molar-refractivity contribution in [2.75, 3.05) is 13.2 Å². The van der Waals surface area contributed by atoms with Crippen LogP contribution in [0.1, 0.15) is 31.4 Å². The highest BCUT2D eigenvalue weighted by molar-refractivity contribution is 5.78. The van der Waals surface area contributed by atoms with Crippen LogP contribution >= 0.6 is 0 Å². The number of nitrogens with zero attached hydrogens (tertiary/aromatic N) is 2. The van der Waals surface area contributed by atoms with Gasteiger partial charge in [-0.25, -0.2) is 0 Å². The zero-order valence-corrected chi connectivity index (χ0v) is 11.8. The Kier molecular flexibility index (Phi) is 4.28. The maximum atomic E-state index is 9.05. The maximum absolute atomic E-state index is 9.05. The van der Waals surface area contributed by atoms with Crippen molar-refractivity contribution in [1.82, 2.24) is 9.88 Å². The molecule has 1 aromatic heterocycles. The number of aromatic nitrogens is 1. The molecule has 1 saturated carbocycles. The molecule has 3 nitrogen and oxygen atoms in total. The van der Waals surface area contributed by atoms with E-state index in [0.29, 0.717) is 6.04 Å². The lowest BCUT2D eigenvalue weighted by Gasteiger charge is -2.37. The van der Waals surface area contributed by atoms with E-state index in [0.717, 1.165) is 30.7 Å². The molecule has 1 aromatic carbocycles. The first kappa shape index (κ1) is 13.5. The van der Waals surface area contributed by atoms with Gasteiger partial charge in [0, 0.05) is 31.1 Å². The number of hydrogen-bond donors (Lipinski definition) is 1. The molecule has 0 aliphatic heterocycles. The third-order valence-electron chi connectivity index (χ3n) is 4.22. The Morgan fingerprint density at radius 2 is 2.00 bits per heavy atom. The second kappa shape index (κ2) is 6.33. The topological polar surface area (TPSA) is 36.4 Å². The van der Waals surface area contributed by atoms with Crippen molar-refractivity contribution in [3.8, 4) is 0 Å². The number of aliphatic hydroxyl groups excluding tert-OH is 1. The summed E-state index contributed by atoms with van der Waals surface area (Å²) in [6.07, 6.45) is 4.77. The lowest BCUT2D eigenvalue weighted by molar-refractivity contribution is 0.108. The first-order valence-corrected chi connectivity index (χ1v) is 7.56. The van der Waals surface area contributed by atoms with Crippen LogP contribution in [0.25, 0.3) is 10.9 Å². The third-order valence-corrected chi connectivity index (χ3v) is 4.22. The Hall–Kier alpha value is -1.45. The lowest BCUT2D eigenvalue weighted by Crippen LogP contribution is -2.40. The molecule has 1 N–H and O–H groups in total. The minimum atomic E-state index is 0.272. The summed E-state index contributed by atoms with van der Waals surface area (Å²) in [6.45, 7) is 2.14. The molecule has 0 spiro atoms. The van der Waals surface area contributed by atoms with Crippen molar-refractivity contribution in [2.24, 2.45) is 0 Å². The summed E-state index contributed by atoms with van der Waals surface area (Å²) in [4.78, 5) is 7.24. The summed E-state index contributed by atoms with van der Waals surface area (Å²) in [7, 11) is 0. The first-order valence-electron chi connectivity index (χ1n) is 7.56. The normalized spacial score (nSPS) is 15.7. The van der Waals surface area contributed by atoms with Crippen molar-refractivity contribution in [3.05, 3.63) is 42.1 Å². The van der Waals surface area contributed by atoms with Gasteiger partial charge in [0.25, 0.3) is 0 Å². The lowest BCUT2D eigenvalue weighted by atomic mass is 9.91. The van der Waals surface area contributed by atoms with Crippen LogP contribution in [0.15, 0.2) is 36.4 Å². The molecule has 1 heterocycles. The van der Waals surface area contributed by atoms with E-state index >= 15 is 0 Å². The highest BCUT2D eigenvalue weighted by Gasteiger charge is 2.24. The minimum absolute atomic E-state index is 0.272. The molecule has 1 aliphatic rings. The standard InChI is InChI=1S/C17H22N2O/c20-12-4-11-19(16-6-3-7-16)13-15-10-9-14-5-1-2-8-17(14)18-15/h1-2,5,8-10,16,20H,3-4,6-7,11-13H2. The number of pyridine rings is 1. The zero-order chi connectivity index (χ0) is 13.8. The molecule has 106 valence electrons. The van der Waals surface area contributed by atoms with Gasteiger partial charge in [-0.1, -0.05) is 30.7 Å². The molecule has 20 heavy (non-hydrogen) atoms. The quantitative estimate of drug-likeness (QED) is 0.876. The summed E-state index contributed by atoms with van der Waals surface area (Å²) in [5, 5.41) is 10.2. The summed E-state index contributed by atoms with van der Waals surface area (Å²) in [6, 6.07) is 13.2. The van der Waals surface area contributed by atoms with Gasteiger partial charge in [-0.3, -0.25) is 9.88 Å². The largest absolute Gasteiger partial charge is 0.396 e. The van der Waals surface area contributed by atoms with Crippen LogP contribution in [-0.4, -0.2) is 34.2 Å². The van der Waals surface area contributed by atoms with E-state index in [1.165, 1.54) is 24.6 Å². The Labute approximate surface area is 120 Å². The van der Waals surface area contributed by atoms with Crippen LogP contribution in [0.3, 0.4) is 0 Å². The van der Waals surface area contributed by atoms with Gasteiger partial charge in [0.1, 0.15) is 0 Å². The summed E-state index contributed by atoms with van der Waals surface area (Å²) >= 11 is 0. The zero-order valence-electron chi connectivity index (χ0n) is 11.8. The van der Waals surface area contributed by atoms with E-state index in [1.54, 1.807) is 0 Å². The maximum Gasteiger partial charge on any atom is 0.0705 e. The first-order chi connectivity index (χ1) is 9.86. The molecular weight excluding hydrogens is 248 g/mol. The smallest absolute Gasteiger partial charge is 0.0705 e. The van der Waals surface area contributed by atoms with Crippen LogP contribution in [0, 0.1) is 0 Å². The van der Waals surface area contributed by atoms with Gasteiger partial charge >= 0.3 is 0 Å². The molecule has 0 atom stereocenters. The van der Waals surface area contributed by atoms with E-state index in [4.69, 9.17) is 10.1 Å². The van der Waals surface area contributed by atoms with Crippen LogP contribution < -0.4 is 0 Å². The molecular formula is C17H22N2O. The monoisotopic (exact) mass is 270 g/mol. The van der Waals surface area contributed by atoms with E-state index < -0.39 is 0 Å². The fourth-order valence-electron chi connectivity index (χ4n) is 2.82. The number of fused-ring (bicyclic) bond motifs is 1. The van der Waals surface area contributed by atoms with Crippen LogP contribution in [-0.2, 0) is 6.54 Å². The number of para-hydroxylation sites is 1. The van der Waals surface area contributed by atoms with Crippen molar-refractivity contribution < 1.29 is 5.11 Å². The van der Waals surface area contributed by atoms with Crippen LogP contribution in [0.5, 0.6) is 0 Å². The molecule has 0 radical (unpaired) electrons. The number of aliphatic hydroxyl groups is 1. The van der Waals surface area contributed by atoms with E-state index in [2.05, 4.69) is 29.2 Å². The van der Waals surface area contributed by atoms with Gasteiger partial charge in [0.05, 0.1) is 11.2 Å². The fourth-order valence-corrected chi connectivity index (χ4v) is 2.82. The predicted molar refractivity (Wildman–Crippen MR) is 81.5 cm³/mol. The Morgan fingerprint density at radius 3 is 2.75 bits per heavy atom. The second-order valence-corrected chi connectivity index (χ2v) is 5.63. The molecule has 1 aliphatic carbocycles. The molecule has 1 fully saturated rings.